The first kappa shape index (κ1) is 21.4. The van der Waals surface area contributed by atoms with Crippen molar-refractivity contribution in [2.24, 2.45) is 5.41 Å². The van der Waals surface area contributed by atoms with Crippen molar-refractivity contribution in [3.05, 3.63) is 41.5 Å². The summed E-state index contributed by atoms with van der Waals surface area (Å²) in [5.41, 5.74) is 1.58. The Balaban J connectivity index is 1.78. The van der Waals surface area contributed by atoms with E-state index in [1.807, 2.05) is 36.1 Å². The molecule has 1 fully saturated rings. The van der Waals surface area contributed by atoms with Gasteiger partial charge in [0.05, 0.1) is 19.1 Å². The van der Waals surface area contributed by atoms with E-state index in [0.29, 0.717) is 32.5 Å². The number of methoxy groups -OCH3 is 1. The van der Waals surface area contributed by atoms with Gasteiger partial charge in [-0.1, -0.05) is 23.8 Å². The summed E-state index contributed by atoms with van der Waals surface area (Å²) in [6.45, 7) is 3.32. The molecular weight excluding hydrogens is 366 g/mol. The average molecular weight is 400 g/mol. The van der Waals surface area contributed by atoms with Crippen LogP contribution in [0.1, 0.15) is 57.4 Å². The van der Waals surface area contributed by atoms with Crippen LogP contribution >= 0.6 is 0 Å². The largest absolute Gasteiger partial charge is 0.497 e. The van der Waals surface area contributed by atoms with E-state index in [1.54, 1.807) is 7.11 Å². The normalized spacial score (nSPS) is 22.0. The Bertz CT molecular complexity index is 757. The van der Waals surface area contributed by atoms with Gasteiger partial charge in [0, 0.05) is 19.5 Å². The molecule has 0 radical (unpaired) electrons. The van der Waals surface area contributed by atoms with E-state index in [4.69, 9.17) is 9.47 Å². The van der Waals surface area contributed by atoms with Gasteiger partial charge in [0.1, 0.15) is 5.75 Å². The van der Waals surface area contributed by atoms with Crippen molar-refractivity contribution >= 4 is 11.9 Å². The molecule has 0 spiro atoms. The summed E-state index contributed by atoms with van der Waals surface area (Å²) in [5, 5.41) is 0. The molecule has 0 aromatic heterocycles. The minimum atomic E-state index is -0.697. The second-order valence-electron chi connectivity index (χ2n) is 8.23. The molecule has 1 saturated heterocycles. The molecule has 5 heteroatoms. The van der Waals surface area contributed by atoms with Crippen LogP contribution in [0.25, 0.3) is 0 Å². The van der Waals surface area contributed by atoms with E-state index in [-0.39, 0.29) is 11.9 Å². The van der Waals surface area contributed by atoms with E-state index in [2.05, 4.69) is 6.08 Å². The van der Waals surface area contributed by atoms with Crippen molar-refractivity contribution < 1.29 is 19.1 Å². The number of nitrogens with zero attached hydrogens (tertiary/aromatic N) is 1. The van der Waals surface area contributed by atoms with Crippen molar-refractivity contribution in [3.63, 3.8) is 0 Å². The summed E-state index contributed by atoms with van der Waals surface area (Å²) in [6.07, 6.45) is 9.28. The van der Waals surface area contributed by atoms with Gasteiger partial charge >= 0.3 is 5.97 Å². The fraction of sp³-hybridized carbons (Fsp3) is 0.583. The van der Waals surface area contributed by atoms with Gasteiger partial charge in [0.2, 0.25) is 5.91 Å². The van der Waals surface area contributed by atoms with E-state index in [1.165, 1.54) is 18.4 Å². The monoisotopic (exact) mass is 399 g/mol. The number of likely N-dealkylation sites (tertiary alicyclic amines) is 1. The molecule has 5 nitrogen and oxygen atoms in total. The summed E-state index contributed by atoms with van der Waals surface area (Å²) in [5.74, 6) is 0.712. The third-order valence-electron chi connectivity index (χ3n) is 6.08. The number of benzene rings is 1. The summed E-state index contributed by atoms with van der Waals surface area (Å²) >= 11 is 0. The van der Waals surface area contributed by atoms with Crippen molar-refractivity contribution in [1.29, 1.82) is 0 Å². The smallest absolute Gasteiger partial charge is 0.314 e. The second-order valence-corrected chi connectivity index (χ2v) is 8.23. The summed E-state index contributed by atoms with van der Waals surface area (Å²) in [6, 6.07) is 7.81. The van der Waals surface area contributed by atoms with Gasteiger partial charge < -0.3 is 14.4 Å². The van der Waals surface area contributed by atoms with Crippen LogP contribution < -0.4 is 4.74 Å². The fourth-order valence-electron chi connectivity index (χ4n) is 4.56. The number of hydrogen-bond donors (Lipinski definition) is 0. The molecule has 158 valence electrons. The minimum absolute atomic E-state index is 0.136. The van der Waals surface area contributed by atoms with Gasteiger partial charge in [-0.2, -0.15) is 0 Å². The maximum Gasteiger partial charge on any atom is 0.314 e. The predicted molar refractivity (Wildman–Crippen MR) is 113 cm³/mol. The summed E-state index contributed by atoms with van der Waals surface area (Å²) < 4.78 is 10.8. The van der Waals surface area contributed by atoms with Crippen molar-refractivity contribution in [2.45, 2.75) is 58.3 Å². The molecule has 0 bridgehead atoms. The van der Waals surface area contributed by atoms with E-state index < -0.39 is 5.41 Å². The molecule has 0 N–H and O–H groups in total. The maximum absolute atomic E-state index is 13.0. The van der Waals surface area contributed by atoms with Crippen molar-refractivity contribution in [2.75, 3.05) is 26.8 Å². The number of esters is 1. The Labute approximate surface area is 174 Å². The van der Waals surface area contributed by atoms with Gasteiger partial charge in [-0.05, 0) is 69.6 Å². The van der Waals surface area contributed by atoms with Crippen molar-refractivity contribution in [1.82, 2.24) is 4.90 Å². The third kappa shape index (κ3) is 5.40. The molecule has 3 rings (SSSR count). The van der Waals surface area contributed by atoms with Crippen LogP contribution in [-0.4, -0.2) is 43.6 Å². The first-order valence-corrected chi connectivity index (χ1v) is 10.8. The molecule has 1 amide bonds. The Hall–Kier alpha value is -2.30. The van der Waals surface area contributed by atoms with Crippen molar-refractivity contribution in [3.8, 4) is 5.75 Å². The fourth-order valence-corrected chi connectivity index (χ4v) is 4.56. The molecule has 1 aromatic carbocycles. The molecule has 1 aliphatic carbocycles. The number of carbonyl (C=O) groups is 2. The van der Waals surface area contributed by atoms with Gasteiger partial charge in [-0.15, -0.1) is 0 Å². The highest BCUT2D eigenvalue weighted by molar-refractivity contribution is 5.82. The van der Waals surface area contributed by atoms with Crippen LogP contribution in [0.4, 0.5) is 0 Å². The summed E-state index contributed by atoms with van der Waals surface area (Å²) in [4.78, 5) is 27.9. The Kier molecular flexibility index (Phi) is 7.34. The highest BCUT2D eigenvalue weighted by Gasteiger charge is 2.44. The van der Waals surface area contributed by atoms with Gasteiger partial charge in [-0.3, -0.25) is 9.59 Å². The lowest BCUT2D eigenvalue weighted by Gasteiger charge is -2.41. The van der Waals surface area contributed by atoms with Crippen LogP contribution in [0.15, 0.2) is 35.9 Å². The van der Waals surface area contributed by atoms with Gasteiger partial charge in [0.25, 0.3) is 0 Å². The second kappa shape index (κ2) is 9.95. The average Bonchev–Trinajstić information content (AvgIpc) is 2.75. The first-order chi connectivity index (χ1) is 14.1. The highest BCUT2D eigenvalue weighted by Crippen LogP contribution is 2.36. The minimum Gasteiger partial charge on any atom is -0.497 e. The molecule has 1 aromatic rings. The lowest BCUT2D eigenvalue weighted by atomic mass is 9.75. The molecule has 0 saturated carbocycles. The van der Waals surface area contributed by atoms with E-state index >= 15 is 0 Å². The van der Waals surface area contributed by atoms with Crippen LogP contribution in [0.2, 0.25) is 0 Å². The van der Waals surface area contributed by atoms with Gasteiger partial charge in [0.15, 0.2) is 0 Å². The van der Waals surface area contributed by atoms with Crippen LogP contribution in [0, 0.1) is 5.41 Å². The molecular formula is C24H33NO4. The zero-order chi connectivity index (χ0) is 20.7. The van der Waals surface area contributed by atoms with Crippen LogP contribution in [-0.2, 0) is 20.7 Å². The summed E-state index contributed by atoms with van der Waals surface area (Å²) in [7, 11) is 1.64. The van der Waals surface area contributed by atoms with Crippen LogP contribution in [0.3, 0.4) is 0 Å². The topological polar surface area (TPSA) is 55.8 Å². The Morgan fingerprint density at radius 1 is 1.21 bits per heavy atom. The molecule has 1 heterocycles. The number of ether oxygens (including phenoxy) is 2. The van der Waals surface area contributed by atoms with Crippen LogP contribution in [0.5, 0.6) is 5.75 Å². The highest BCUT2D eigenvalue weighted by atomic mass is 16.5. The molecule has 1 atom stereocenters. The first-order valence-electron chi connectivity index (χ1n) is 10.8. The van der Waals surface area contributed by atoms with Gasteiger partial charge in [-0.25, -0.2) is 0 Å². The number of hydrogen-bond acceptors (Lipinski definition) is 4. The molecule has 1 aliphatic heterocycles. The third-order valence-corrected chi connectivity index (χ3v) is 6.08. The van der Waals surface area contributed by atoms with E-state index in [9.17, 15) is 9.59 Å². The quantitative estimate of drug-likeness (QED) is 0.507. The molecule has 1 unspecified atom stereocenters. The molecule has 2 aliphatic rings. The number of piperidine rings is 1. The number of rotatable bonds is 7. The van der Waals surface area contributed by atoms with E-state index in [0.717, 1.165) is 37.0 Å². The number of carbonyl (C=O) groups excluding carboxylic acids is 2. The zero-order valence-electron chi connectivity index (χ0n) is 17.7. The number of amides is 1. The zero-order valence-corrected chi connectivity index (χ0v) is 17.7. The lowest BCUT2D eigenvalue weighted by molar-refractivity contribution is -0.160. The predicted octanol–water partition coefficient (Wildman–Crippen LogP) is 4.30. The Morgan fingerprint density at radius 2 is 2.07 bits per heavy atom. The standard InChI is InChI=1S/C24H33NO4/c1-3-29-23(27)24(17-20-11-7-12-21(15-20)28-2)13-8-14-25(18-24)22(26)16-19-9-5-4-6-10-19/h7,9,11-12,15H,3-6,8,10,13-14,16-18H2,1-2H3. The SMILES string of the molecule is CCOC(=O)C1(Cc2cccc(OC)c2)CCCN(C(=O)CC2=CCCCC2)C1. The number of allylic oxidation sites excluding steroid dienone is 1. The Morgan fingerprint density at radius 3 is 2.79 bits per heavy atom. The molecule has 29 heavy (non-hydrogen) atoms. The maximum atomic E-state index is 13.0. The lowest BCUT2D eigenvalue weighted by Crippen LogP contribution is -2.51.